The maximum Gasteiger partial charge on any atom is 0.345 e. The van der Waals surface area contributed by atoms with E-state index in [1.807, 2.05) is 24.3 Å². The molecule has 0 saturated carbocycles. The zero-order chi connectivity index (χ0) is 15.3. The van der Waals surface area contributed by atoms with Gasteiger partial charge >= 0.3 is 6.61 Å². The molecule has 0 aromatic heterocycles. The zero-order valence-corrected chi connectivity index (χ0v) is 13.1. The van der Waals surface area contributed by atoms with Gasteiger partial charge in [0.2, 0.25) is 0 Å². The monoisotopic (exact) mass is 366 g/mol. The van der Waals surface area contributed by atoms with Crippen molar-refractivity contribution in [2.24, 2.45) is 0 Å². The summed E-state index contributed by atoms with van der Waals surface area (Å²) >= 11 is 3.34. The average molecular weight is 367 g/mol. The van der Waals surface area contributed by atoms with Crippen LogP contribution in [-0.4, -0.2) is 44.7 Å². The van der Waals surface area contributed by atoms with Crippen molar-refractivity contribution in [3.63, 3.8) is 0 Å². The van der Waals surface area contributed by atoms with Gasteiger partial charge in [-0.15, -0.1) is 0 Å². The lowest BCUT2D eigenvalue weighted by atomic mass is 10.1. The second-order valence-electron chi connectivity index (χ2n) is 5.04. The van der Waals surface area contributed by atoms with Crippen molar-refractivity contribution >= 4 is 15.9 Å². The molecule has 0 amide bonds. The van der Waals surface area contributed by atoms with Crippen LogP contribution < -0.4 is 4.74 Å². The van der Waals surface area contributed by atoms with Crippen LogP contribution in [0.4, 0.5) is 8.78 Å². The summed E-state index contributed by atoms with van der Waals surface area (Å²) in [5.74, 6) is 0.706. The number of halogens is 3. The number of rotatable bonds is 6. The molecule has 1 aliphatic rings. The Hall–Kier alpha value is -0.760. The predicted octanol–water partition coefficient (Wildman–Crippen LogP) is 3.24. The minimum absolute atomic E-state index is 0.217. The highest BCUT2D eigenvalue weighted by Crippen LogP contribution is 2.22. The molecule has 1 aromatic carbocycles. The molecule has 7 heteroatoms. The third kappa shape index (κ3) is 5.50. The molecule has 2 atom stereocenters. The smallest absolute Gasteiger partial charge is 0.345 e. The lowest BCUT2D eigenvalue weighted by molar-refractivity contribution is -0.242. The van der Waals surface area contributed by atoms with E-state index in [1.165, 1.54) is 0 Å². The summed E-state index contributed by atoms with van der Waals surface area (Å²) < 4.78 is 46.3. The van der Waals surface area contributed by atoms with E-state index in [4.69, 9.17) is 14.2 Å². The van der Waals surface area contributed by atoms with E-state index in [1.54, 1.807) is 6.92 Å². The molecule has 2 rings (SSSR count). The SMILES string of the molecule is CC1(COC(F)F)COCC(COc2ccc(Br)cc2)O1. The fraction of sp³-hybridized carbons (Fsp3) is 0.571. The molecule has 1 heterocycles. The van der Waals surface area contributed by atoms with Gasteiger partial charge in [0, 0.05) is 4.47 Å². The Balaban J connectivity index is 1.82. The fourth-order valence-corrected chi connectivity index (χ4v) is 2.26. The molecule has 0 aliphatic carbocycles. The van der Waals surface area contributed by atoms with Crippen molar-refractivity contribution in [3.8, 4) is 5.75 Å². The molecule has 2 unspecified atom stereocenters. The molecule has 0 spiro atoms. The molecule has 4 nitrogen and oxygen atoms in total. The van der Waals surface area contributed by atoms with Crippen LogP contribution in [0.5, 0.6) is 5.75 Å². The number of hydrogen-bond donors (Lipinski definition) is 0. The van der Waals surface area contributed by atoms with Crippen molar-refractivity contribution in [3.05, 3.63) is 28.7 Å². The maximum absolute atomic E-state index is 12.1. The molecule has 0 radical (unpaired) electrons. The summed E-state index contributed by atoms with van der Waals surface area (Å²) in [6, 6.07) is 7.39. The molecular formula is C14H17BrF2O4. The summed E-state index contributed by atoms with van der Waals surface area (Å²) in [4.78, 5) is 0. The van der Waals surface area contributed by atoms with Crippen LogP contribution in [0, 0.1) is 0 Å². The van der Waals surface area contributed by atoms with Gasteiger partial charge in [-0.25, -0.2) is 0 Å². The fourth-order valence-electron chi connectivity index (χ4n) is 1.99. The summed E-state index contributed by atoms with van der Waals surface area (Å²) in [5, 5.41) is 0. The van der Waals surface area contributed by atoms with Gasteiger partial charge in [-0.1, -0.05) is 15.9 Å². The van der Waals surface area contributed by atoms with Crippen molar-refractivity contribution in [1.29, 1.82) is 0 Å². The van der Waals surface area contributed by atoms with Gasteiger partial charge in [-0.05, 0) is 31.2 Å². The van der Waals surface area contributed by atoms with Crippen LogP contribution in [0.25, 0.3) is 0 Å². The molecule has 0 N–H and O–H groups in total. The highest BCUT2D eigenvalue weighted by atomic mass is 79.9. The summed E-state index contributed by atoms with van der Waals surface area (Å²) in [6.45, 7) is -0.494. The Bertz CT molecular complexity index is 443. The topological polar surface area (TPSA) is 36.9 Å². The van der Waals surface area contributed by atoms with E-state index in [0.717, 1.165) is 4.47 Å². The van der Waals surface area contributed by atoms with Gasteiger partial charge < -0.3 is 18.9 Å². The summed E-state index contributed by atoms with van der Waals surface area (Å²) in [5.41, 5.74) is -0.886. The first kappa shape index (κ1) is 16.6. The van der Waals surface area contributed by atoms with Crippen molar-refractivity contribution in [2.45, 2.75) is 25.2 Å². The number of hydrogen-bond acceptors (Lipinski definition) is 4. The van der Waals surface area contributed by atoms with Crippen LogP contribution in [-0.2, 0) is 14.2 Å². The van der Waals surface area contributed by atoms with E-state index in [0.29, 0.717) is 12.4 Å². The highest BCUT2D eigenvalue weighted by Gasteiger charge is 2.35. The summed E-state index contributed by atoms with van der Waals surface area (Å²) in [7, 11) is 0. The van der Waals surface area contributed by atoms with Crippen molar-refractivity contribution in [1.82, 2.24) is 0 Å². The van der Waals surface area contributed by atoms with Gasteiger partial charge in [0.05, 0.1) is 19.8 Å². The molecular weight excluding hydrogens is 350 g/mol. The van der Waals surface area contributed by atoms with Crippen LogP contribution in [0.3, 0.4) is 0 Å². The number of ether oxygens (including phenoxy) is 4. The second-order valence-corrected chi connectivity index (χ2v) is 5.96. The van der Waals surface area contributed by atoms with E-state index >= 15 is 0 Å². The van der Waals surface area contributed by atoms with E-state index in [-0.39, 0.29) is 25.9 Å². The van der Waals surface area contributed by atoms with Crippen LogP contribution in [0.1, 0.15) is 6.92 Å². The molecule has 21 heavy (non-hydrogen) atoms. The van der Waals surface area contributed by atoms with Gasteiger partial charge in [0.15, 0.2) is 0 Å². The first-order chi connectivity index (χ1) is 9.97. The third-order valence-corrected chi connectivity index (χ3v) is 3.46. The lowest BCUT2D eigenvalue weighted by Gasteiger charge is -2.38. The van der Waals surface area contributed by atoms with E-state index < -0.39 is 12.2 Å². The number of alkyl halides is 2. The minimum Gasteiger partial charge on any atom is -0.491 e. The Morgan fingerprint density at radius 2 is 2.10 bits per heavy atom. The second kappa shape index (κ2) is 7.49. The van der Waals surface area contributed by atoms with E-state index in [2.05, 4.69) is 20.7 Å². The molecule has 118 valence electrons. The third-order valence-electron chi connectivity index (χ3n) is 2.93. The lowest BCUT2D eigenvalue weighted by Crippen LogP contribution is -2.50. The Kier molecular flexibility index (Phi) is 5.92. The molecule has 0 bridgehead atoms. The maximum atomic E-state index is 12.1. The predicted molar refractivity (Wildman–Crippen MR) is 75.7 cm³/mol. The largest absolute Gasteiger partial charge is 0.491 e. The Morgan fingerprint density at radius 1 is 1.38 bits per heavy atom. The summed E-state index contributed by atoms with van der Waals surface area (Å²) in [6.07, 6.45) is -0.325. The Morgan fingerprint density at radius 3 is 2.76 bits per heavy atom. The first-order valence-corrected chi connectivity index (χ1v) is 7.30. The average Bonchev–Trinajstić information content (AvgIpc) is 2.45. The standard InChI is InChI=1S/C14H17BrF2O4/c1-14(9-20-13(16)17)8-18-6-12(21-14)7-19-11-4-2-10(15)3-5-11/h2-5,12-13H,6-9H2,1H3. The Labute approximate surface area is 130 Å². The van der Waals surface area contributed by atoms with Crippen LogP contribution in [0.15, 0.2) is 28.7 Å². The minimum atomic E-state index is -2.81. The van der Waals surface area contributed by atoms with Crippen molar-refractivity contribution in [2.75, 3.05) is 26.4 Å². The van der Waals surface area contributed by atoms with Crippen molar-refractivity contribution < 1.29 is 27.7 Å². The molecule has 1 fully saturated rings. The molecule has 1 saturated heterocycles. The zero-order valence-electron chi connectivity index (χ0n) is 11.6. The van der Waals surface area contributed by atoms with Crippen LogP contribution in [0.2, 0.25) is 0 Å². The highest BCUT2D eigenvalue weighted by molar-refractivity contribution is 9.10. The van der Waals surface area contributed by atoms with Crippen LogP contribution >= 0.6 is 15.9 Å². The molecule has 1 aliphatic heterocycles. The van der Waals surface area contributed by atoms with Gasteiger partial charge in [0.25, 0.3) is 0 Å². The van der Waals surface area contributed by atoms with Gasteiger partial charge in [-0.2, -0.15) is 8.78 Å². The quantitative estimate of drug-likeness (QED) is 0.774. The van der Waals surface area contributed by atoms with E-state index in [9.17, 15) is 8.78 Å². The van der Waals surface area contributed by atoms with Gasteiger partial charge in [0.1, 0.15) is 24.1 Å². The molecule has 1 aromatic rings. The first-order valence-electron chi connectivity index (χ1n) is 6.50. The van der Waals surface area contributed by atoms with Gasteiger partial charge in [-0.3, -0.25) is 0 Å². The number of benzene rings is 1. The normalized spacial score (nSPS) is 26.0.